The molecule has 1 amide bonds. The van der Waals surface area contributed by atoms with Crippen molar-refractivity contribution in [3.05, 3.63) is 0 Å². The molecule has 0 aliphatic carbocycles. The highest BCUT2D eigenvalue weighted by Crippen LogP contribution is 2.13. The van der Waals surface area contributed by atoms with Crippen molar-refractivity contribution in [3.63, 3.8) is 0 Å². The van der Waals surface area contributed by atoms with Gasteiger partial charge in [-0.2, -0.15) is 5.26 Å². The number of hydrogen-bond acceptors (Lipinski definition) is 4. The number of ether oxygens (including phenoxy) is 1. The van der Waals surface area contributed by atoms with Crippen LogP contribution < -0.4 is 5.73 Å². The van der Waals surface area contributed by atoms with Gasteiger partial charge in [0.25, 0.3) is 5.91 Å². The maximum Gasteiger partial charge on any atom is 0.264 e. The van der Waals surface area contributed by atoms with Crippen LogP contribution in [0.2, 0.25) is 0 Å². The summed E-state index contributed by atoms with van der Waals surface area (Å²) in [6.07, 6.45) is 2.45. The van der Waals surface area contributed by atoms with Crippen molar-refractivity contribution in [1.29, 1.82) is 5.26 Å². The van der Waals surface area contributed by atoms with Gasteiger partial charge in [0.2, 0.25) is 0 Å². The molecule has 0 aromatic heterocycles. The minimum absolute atomic E-state index is 0.0944. The van der Waals surface area contributed by atoms with E-state index in [-0.39, 0.29) is 12.7 Å². The Kier molecular flexibility index (Phi) is 5.08. The summed E-state index contributed by atoms with van der Waals surface area (Å²) in [5.74, 6) is -0.665. The molecule has 0 aromatic rings. The van der Waals surface area contributed by atoms with Crippen molar-refractivity contribution in [2.24, 2.45) is 0 Å². The van der Waals surface area contributed by atoms with Crippen molar-refractivity contribution < 1.29 is 9.53 Å². The van der Waals surface area contributed by atoms with E-state index in [1.54, 1.807) is 0 Å². The van der Waals surface area contributed by atoms with E-state index in [1.165, 1.54) is 0 Å². The number of nitriles is 1. The number of rotatable bonds is 5. The molecule has 83 valence electrons. The van der Waals surface area contributed by atoms with Crippen molar-refractivity contribution in [2.75, 3.05) is 26.2 Å². The second kappa shape index (κ2) is 6.38. The van der Waals surface area contributed by atoms with Gasteiger partial charge in [-0.3, -0.25) is 10.5 Å². The first kappa shape index (κ1) is 12.0. The van der Waals surface area contributed by atoms with E-state index in [1.807, 2.05) is 0 Å². The van der Waals surface area contributed by atoms with Gasteiger partial charge in [0.05, 0.1) is 12.2 Å². The Morgan fingerprint density at radius 1 is 1.53 bits per heavy atom. The highest BCUT2D eigenvalue weighted by molar-refractivity contribution is 5.74. The molecule has 1 N–H and O–H groups in total. The second-order valence-electron chi connectivity index (χ2n) is 3.68. The van der Waals surface area contributed by atoms with E-state index >= 15 is 0 Å². The molecule has 5 nitrogen and oxygen atoms in total. The summed E-state index contributed by atoms with van der Waals surface area (Å²) in [7, 11) is 0. The van der Waals surface area contributed by atoms with Gasteiger partial charge in [-0.1, -0.05) is 0 Å². The molecule has 0 unspecified atom stereocenters. The third-order valence-electron chi connectivity index (χ3n) is 2.52. The van der Waals surface area contributed by atoms with Crippen LogP contribution in [0.5, 0.6) is 0 Å². The van der Waals surface area contributed by atoms with Crippen molar-refractivity contribution in [2.45, 2.75) is 25.4 Å². The van der Waals surface area contributed by atoms with E-state index < -0.39 is 5.91 Å². The van der Waals surface area contributed by atoms with Crippen LogP contribution in [-0.2, 0) is 9.53 Å². The standard InChI is InChI=1S/C10H16N3O2/c11-4-1-5-13-6-2-9(3-7-13)15-8-10(12)14/h9,12H,1-3,5-8H2. The Morgan fingerprint density at radius 2 is 2.20 bits per heavy atom. The largest absolute Gasteiger partial charge is 0.368 e. The number of nitrogens with one attached hydrogen (secondary N) is 1. The smallest absolute Gasteiger partial charge is 0.264 e. The molecule has 0 bridgehead atoms. The van der Waals surface area contributed by atoms with Gasteiger partial charge in [0.1, 0.15) is 6.61 Å². The Morgan fingerprint density at radius 3 is 2.73 bits per heavy atom. The number of nitrogens with zero attached hydrogens (tertiary/aromatic N) is 2. The lowest BCUT2D eigenvalue weighted by Crippen LogP contribution is -2.38. The Labute approximate surface area is 89.8 Å². The third kappa shape index (κ3) is 4.77. The molecule has 0 atom stereocenters. The third-order valence-corrected chi connectivity index (χ3v) is 2.52. The lowest BCUT2D eigenvalue weighted by molar-refractivity contribution is -0.126. The average Bonchev–Trinajstić information content (AvgIpc) is 2.25. The number of piperidine rings is 1. The summed E-state index contributed by atoms with van der Waals surface area (Å²) in [5.41, 5.74) is 6.72. The van der Waals surface area contributed by atoms with E-state index in [9.17, 15) is 4.79 Å². The van der Waals surface area contributed by atoms with Crippen LogP contribution in [0.25, 0.3) is 0 Å². The highest BCUT2D eigenvalue weighted by atomic mass is 16.5. The predicted octanol–water partition coefficient (Wildman–Crippen LogP) is 0.191. The number of hydrogen-bond donors (Lipinski definition) is 0. The second-order valence-corrected chi connectivity index (χ2v) is 3.68. The SMILES string of the molecule is N#CCCN1CCC(OCC([NH])=O)CC1. The Balaban J connectivity index is 2.13. The molecule has 1 heterocycles. The van der Waals surface area contributed by atoms with Crippen molar-refractivity contribution in [1.82, 2.24) is 10.6 Å². The molecular formula is C10H16N3O2. The van der Waals surface area contributed by atoms with Crippen LogP contribution in [0.3, 0.4) is 0 Å². The number of amides is 1. The molecule has 15 heavy (non-hydrogen) atoms. The molecule has 1 aliphatic heterocycles. The van der Waals surface area contributed by atoms with Crippen LogP contribution in [0.4, 0.5) is 0 Å². The molecule has 1 rings (SSSR count). The summed E-state index contributed by atoms with van der Waals surface area (Å²) in [4.78, 5) is 12.6. The predicted molar refractivity (Wildman–Crippen MR) is 53.7 cm³/mol. The zero-order valence-electron chi connectivity index (χ0n) is 8.74. The van der Waals surface area contributed by atoms with Gasteiger partial charge in [0.15, 0.2) is 0 Å². The van der Waals surface area contributed by atoms with Gasteiger partial charge in [-0.05, 0) is 12.8 Å². The summed E-state index contributed by atoms with van der Waals surface area (Å²) >= 11 is 0. The lowest BCUT2D eigenvalue weighted by Gasteiger charge is -2.30. The van der Waals surface area contributed by atoms with Crippen LogP contribution in [0.15, 0.2) is 0 Å². The van der Waals surface area contributed by atoms with Crippen molar-refractivity contribution in [3.8, 4) is 6.07 Å². The topological polar surface area (TPSA) is 77.1 Å². The maximum absolute atomic E-state index is 10.4. The monoisotopic (exact) mass is 210 g/mol. The molecule has 0 aromatic carbocycles. The molecule has 1 saturated heterocycles. The fourth-order valence-corrected chi connectivity index (χ4v) is 1.70. The first-order valence-electron chi connectivity index (χ1n) is 5.17. The number of carbonyl (C=O) groups is 1. The lowest BCUT2D eigenvalue weighted by atomic mass is 10.1. The quantitative estimate of drug-likeness (QED) is 0.649. The molecule has 0 spiro atoms. The van der Waals surface area contributed by atoms with E-state index in [4.69, 9.17) is 15.7 Å². The normalized spacial score (nSPS) is 18.6. The molecule has 1 aliphatic rings. The van der Waals surface area contributed by atoms with E-state index in [0.717, 1.165) is 32.5 Å². The van der Waals surface area contributed by atoms with Gasteiger partial charge in [-0.25, -0.2) is 0 Å². The Hall–Kier alpha value is -1.12. The summed E-state index contributed by atoms with van der Waals surface area (Å²) in [6, 6.07) is 2.12. The van der Waals surface area contributed by atoms with E-state index in [2.05, 4.69) is 11.0 Å². The van der Waals surface area contributed by atoms with Gasteiger partial charge in [0, 0.05) is 26.1 Å². The van der Waals surface area contributed by atoms with Crippen LogP contribution in [0.1, 0.15) is 19.3 Å². The van der Waals surface area contributed by atoms with Gasteiger partial charge in [-0.15, -0.1) is 0 Å². The first-order chi connectivity index (χ1) is 7.22. The number of carbonyl (C=O) groups excluding carboxylic acids is 1. The van der Waals surface area contributed by atoms with Crippen molar-refractivity contribution >= 4 is 5.91 Å². The minimum atomic E-state index is -0.665. The molecule has 5 heteroatoms. The highest BCUT2D eigenvalue weighted by Gasteiger charge is 2.19. The zero-order chi connectivity index (χ0) is 11.1. The van der Waals surface area contributed by atoms with Crippen LogP contribution >= 0.6 is 0 Å². The van der Waals surface area contributed by atoms with Gasteiger partial charge >= 0.3 is 0 Å². The minimum Gasteiger partial charge on any atom is -0.368 e. The summed E-state index contributed by atoms with van der Waals surface area (Å²) < 4.78 is 5.27. The van der Waals surface area contributed by atoms with Gasteiger partial charge < -0.3 is 9.64 Å². The Bertz CT molecular complexity index is 242. The average molecular weight is 210 g/mol. The molecule has 0 saturated carbocycles. The van der Waals surface area contributed by atoms with E-state index in [0.29, 0.717) is 6.42 Å². The first-order valence-corrected chi connectivity index (χ1v) is 5.17. The zero-order valence-corrected chi connectivity index (χ0v) is 8.74. The van der Waals surface area contributed by atoms with Crippen LogP contribution in [0, 0.1) is 11.3 Å². The fourth-order valence-electron chi connectivity index (χ4n) is 1.70. The fraction of sp³-hybridized carbons (Fsp3) is 0.800. The maximum atomic E-state index is 10.4. The molecular weight excluding hydrogens is 194 g/mol. The summed E-state index contributed by atoms with van der Waals surface area (Å²) in [5, 5.41) is 8.43. The number of likely N-dealkylation sites (tertiary alicyclic amines) is 1. The molecule has 1 fully saturated rings. The summed E-state index contributed by atoms with van der Waals surface area (Å²) in [6.45, 7) is 2.56. The molecule has 1 radical (unpaired) electrons. The van der Waals surface area contributed by atoms with Crippen LogP contribution in [-0.4, -0.2) is 43.2 Å².